The normalized spacial score (nSPS) is 10.3. The van der Waals surface area contributed by atoms with E-state index >= 15 is 0 Å². The van der Waals surface area contributed by atoms with Crippen LogP contribution in [-0.4, -0.2) is 30.3 Å². The predicted molar refractivity (Wildman–Crippen MR) is 117 cm³/mol. The molecule has 32 heavy (non-hydrogen) atoms. The summed E-state index contributed by atoms with van der Waals surface area (Å²) < 4.78 is 16.0. The highest BCUT2D eigenvalue weighted by atomic mass is 16.5. The van der Waals surface area contributed by atoms with Gasteiger partial charge in [0.25, 0.3) is 11.8 Å². The largest absolute Gasteiger partial charge is 0.493 e. The number of ether oxygens (including phenoxy) is 2. The first-order chi connectivity index (χ1) is 15.6. The van der Waals surface area contributed by atoms with Crippen molar-refractivity contribution in [3.63, 3.8) is 0 Å². The molecular weight excluding hydrogens is 408 g/mol. The Morgan fingerprint density at radius 1 is 0.969 bits per heavy atom. The quantitative estimate of drug-likeness (QED) is 0.482. The van der Waals surface area contributed by atoms with Crippen molar-refractivity contribution < 1.29 is 18.8 Å². The lowest BCUT2D eigenvalue weighted by molar-refractivity contribution is 0.102. The maximum absolute atomic E-state index is 12.5. The third kappa shape index (κ3) is 4.27. The molecule has 4 rings (SSSR count). The minimum absolute atomic E-state index is 0.321. The summed E-state index contributed by atoms with van der Waals surface area (Å²) in [5, 5.41) is 15.9. The first kappa shape index (κ1) is 20.6. The second-order valence-corrected chi connectivity index (χ2v) is 6.72. The second-order valence-electron chi connectivity index (χ2n) is 6.72. The van der Waals surface area contributed by atoms with Gasteiger partial charge in [0.15, 0.2) is 11.5 Å². The van der Waals surface area contributed by atoms with Gasteiger partial charge in [-0.3, -0.25) is 4.79 Å². The summed E-state index contributed by atoms with van der Waals surface area (Å²) in [5.74, 6) is 1.52. The van der Waals surface area contributed by atoms with Gasteiger partial charge in [0, 0.05) is 22.4 Å². The molecule has 0 saturated carbocycles. The molecule has 4 aromatic rings. The molecule has 0 aliphatic carbocycles. The number of anilines is 1. The minimum Gasteiger partial charge on any atom is -0.493 e. The lowest BCUT2D eigenvalue weighted by Gasteiger charge is -2.07. The molecule has 158 valence electrons. The summed E-state index contributed by atoms with van der Waals surface area (Å²) >= 11 is 0. The third-order valence-electron chi connectivity index (χ3n) is 4.69. The number of nitrogens with zero attached hydrogens (tertiary/aromatic N) is 3. The van der Waals surface area contributed by atoms with Crippen LogP contribution in [0.25, 0.3) is 22.8 Å². The Kier molecular flexibility index (Phi) is 5.81. The van der Waals surface area contributed by atoms with Gasteiger partial charge in [-0.25, -0.2) is 0 Å². The van der Waals surface area contributed by atoms with E-state index in [0.717, 1.165) is 0 Å². The monoisotopic (exact) mass is 426 g/mol. The second kappa shape index (κ2) is 9.02. The van der Waals surface area contributed by atoms with Crippen LogP contribution in [0.5, 0.6) is 11.5 Å². The lowest BCUT2D eigenvalue weighted by Crippen LogP contribution is -2.12. The Labute approximate surface area is 184 Å². The van der Waals surface area contributed by atoms with Crippen LogP contribution in [0, 0.1) is 11.3 Å². The predicted octanol–water partition coefficient (Wildman–Crippen LogP) is 4.54. The number of nitriles is 1. The van der Waals surface area contributed by atoms with E-state index < -0.39 is 0 Å². The molecule has 0 spiro atoms. The summed E-state index contributed by atoms with van der Waals surface area (Å²) in [5.41, 5.74) is 2.73. The van der Waals surface area contributed by atoms with E-state index in [1.165, 1.54) is 6.07 Å². The van der Waals surface area contributed by atoms with Crippen molar-refractivity contribution in [2.24, 2.45) is 0 Å². The SMILES string of the molecule is COc1ccc(-c2nc(-c3cccc(NC(=O)c4cccc(C#N)c4)c3)no2)cc1OC. The zero-order chi connectivity index (χ0) is 22.5. The minimum atomic E-state index is -0.321. The molecule has 1 heterocycles. The maximum Gasteiger partial charge on any atom is 0.258 e. The number of rotatable bonds is 6. The first-order valence-corrected chi connectivity index (χ1v) is 9.59. The van der Waals surface area contributed by atoms with Crippen LogP contribution < -0.4 is 14.8 Å². The van der Waals surface area contributed by atoms with Gasteiger partial charge in [-0.1, -0.05) is 23.4 Å². The van der Waals surface area contributed by atoms with Crippen molar-refractivity contribution in [1.82, 2.24) is 10.1 Å². The van der Waals surface area contributed by atoms with Gasteiger partial charge in [0.1, 0.15) is 0 Å². The number of carbonyl (C=O) groups is 1. The van der Waals surface area contributed by atoms with Crippen LogP contribution in [-0.2, 0) is 0 Å². The van der Waals surface area contributed by atoms with Crippen LogP contribution in [0.15, 0.2) is 71.3 Å². The smallest absolute Gasteiger partial charge is 0.258 e. The number of hydrogen-bond donors (Lipinski definition) is 1. The number of benzene rings is 3. The Morgan fingerprint density at radius 2 is 1.78 bits per heavy atom. The fraction of sp³-hybridized carbons (Fsp3) is 0.0833. The molecule has 0 saturated heterocycles. The summed E-state index contributed by atoms with van der Waals surface area (Å²) in [6.45, 7) is 0. The van der Waals surface area contributed by atoms with E-state index in [1.54, 1.807) is 68.8 Å². The van der Waals surface area contributed by atoms with Crippen LogP contribution in [0.4, 0.5) is 5.69 Å². The van der Waals surface area contributed by atoms with Crippen molar-refractivity contribution in [2.75, 3.05) is 19.5 Å². The lowest BCUT2D eigenvalue weighted by atomic mass is 10.1. The highest BCUT2D eigenvalue weighted by molar-refractivity contribution is 6.04. The Hall–Kier alpha value is -4.64. The topological polar surface area (TPSA) is 110 Å². The van der Waals surface area contributed by atoms with Gasteiger partial charge in [-0.2, -0.15) is 10.2 Å². The van der Waals surface area contributed by atoms with Crippen molar-refractivity contribution in [1.29, 1.82) is 5.26 Å². The molecule has 3 aromatic carbocycles. The molecule has 0 unspecified atom stereocenters. The zero-order valence-electron chi connectivity index (χ0n) is 17.3. The number of aromatic nitrogens is 2. The Bertz CT molecular complexity index is 1320. The number of methoxy groups -OCH3 is 2. The molecule has 8 heteroatoms. The first-order valence-electron chi connectivity index (χ1n) is 9.59. The van der Waals surface area contributed by atoms with Gasteiger partial charge in [-0.15, -0.1) is 0 Å². The molecule has 0 atom stereocenters. The zero-order valence-corrected chi connectivity index (χ0v) is 17.3. The fourth-order valence-electron chi connectivity index (χ4n) is 3.10. The van der Waals surface area contributed by atoms with Crippen molar-refractivity contribution in [3.8, 4) is 40.4 Å². The van der Waals surface area contributed by atoms with Crippen LogP contribution in [0.2, 0.25) is 0 Å². The molecule has 1 aromatic heterocycles. The highest BCUT2D eigenvalue weighted by Gasteiger charge is 2.14. The van der Waals surface area contributed by atoms with Crippen molar-refractivity contribution in [2.45, 2.75) is 0 Å². The summed E-state index contributed by atoms with van der Waals surface area (Å²) in [6, 6.07) is 20.9. The summed E-state index contributed by atoms with van der Waals surface area (Å²) in [4.78, 5) is 17.0. The van der Waals surface area contributed by atoms with E-state index in [4.69, 9.17) is 19.3 Å². The summed E-state index contributed by atoms with van der Waals surface area (Å²) in [6.07, 6.45) is 0. The molecule has 0 radical (unpaired) electrons. The maximum atomic E-state index is 12.5. The standard InChI is InChI=1S/C24H18N4O4/c1-30-20-10-9-18(13-21(20)31-2)24-27-22(28-32-24)16-6-4-8-19(12-16)26-23(29)17-7-3-5-15(11-17)14-25/h3-13H,1-2H3,(H,26,29). The molecule has 8 nitrogen and oxygen atoms in total. The Morgan fingerprint density at radius 3 is 2.56 bits per heavy atom. The van der Waals surface area contributed by atoms with E-state index in [-0.39, 0.29) is 5.91 Å². The molecule has 0 bridgehead atoms. The number of carbonyl (C=O) groups excluding carboxylic acids is 1. The van der Waals surface area contributed by atoms with Gasteiger partial charge >= 0.3 is 0 Å². The van der Waals surface area contributed by atoms with Crippen LogP contribution in [0.1, 0.15) is 15.9 Å². The number of hydrogen-bond acceptors (Lipinski definition) is 7. The third-order valence-corrected chi connectivity index (χ3v) is 4.69. The van der Waals surface area contributed by atoms with Gasteiger partial charge in [0.2, 0.25) is 5.82 Å². The average Bonchev–Trinajstić information content (AvgIpc) is 3.34. The fourth-order valence-corrected chi connectivity index (χ4v) is 3.10. The van der Waals surface area contributed by atoms with Gasteiger partial charge in [0.05, 0.1) is 25.9 Å². The van der Waals surface area contributed by atoms with Crippen LogP contribution in [0.3, 0.4) is 0 Å². The molecule has 1 amide bonds. The Balaban J connectivity index is 1.56. The highest BCUT2D eigenvalue weighted by Crippen LogP contribution is 2.32. The molecule has 0 aliphatic heterocycles. The number of amides is 1. The van der Waals surface area contributed by atoms with Crippen molar-refractivity contribution >= 4 is 11.6 Å². The molecule has 0 fully saturated rings. The van der Waals surface area contributed by atoms with E-state index in [0.29, 0.717) is 51.2 Å². The van der Waals surface area contributed by atoms with E-state index in [9.17, 15) is 4.79 Å². The van der Waals surface area contributed by atoms with E-state index in [1.807, 2.05) is 12.1 Å². The molecular formula is C24H18N4O4. The van der Waals surface area contributed by atoms with Crippen molar-refractivity contribution in [3.05, 3.63) is 77.9 Å². The van der Waals surface area contributed by atoms with E-state index in [2.05, 4.69) is 15.5 Å². The van der Waals surface area contributed by atoms with Crippen LogP contribution >= 0.6 is 0 Å². The number of nitrogens with one attached hydrogen (secondary N) is 1. The summed E-state index contributed by atoms with van der Waals surface area (Å²) in [7, 11) is 3.12. The average molecular weight is 426 g/mol. The van der Waals surface area contributed by atoms with Gasteiger partial charge < -0.3 is 19.3 Å². The molecule has 0 aliphatic rings. The van der Waals surface area contributed by atoms with Gasteiger partial charge in [-0.05, 0) is 48.5 Å². The molecule has 1 N–H and O–H groups in total.